The van der Waals surface area contributed by atoms with Crippen LogP contribution in [-0.4, -0.2) is 0 Å². The second kappa shape index (κ2) is 4.49. The summed E-state index contributed by atoms with van der Waals surface area (Å²) in [7, 11) is 0. The molecule has 0 heterocycles. The first-order valence-electron chi connectivity index (χ1n) is 2.52. The zero-order valence-electron chi connectivity index (χ0n) is 5.41. The van der Waals surface area contributed by atoms with Crippen LogP contribution in [0.4, 0.5) is 0 Å². The number of rotatable bonds is 0. The minimum Gasteiger partial charge on any atom is -0.192 e. The normalized spacial score (nSPS) is 7.60. The van der Waals surface area contributed by atoms with Crippen LogP contribution in [0.25, 0.3) is 0 Å². The van der Waals surface area contributed by atoms with Gasteiger partial charge < -0.3 is 0 Å². The van der Waals surface area contributed by atoms with E-state index in [9.17, 15) is 0 Å². The smallest absolute Gasteiger partial charge is 0.192 e. The molecule has 44 valence electrons. The van der Waals surface area contributed by atoms with Gasteiger partial charge in [-0.15, -0.1) is 12.6 Å². The van der Waals surface area contributed by atoms with Gasteiger partial charge in [-0.3, -0.25) is 0 Å². The Morgan fingerprint density at radius 1 is 1.20 bits per heavy atom. The van der Waals surface area contributed by atoms with Crippen LogP contribution in [0.2, 0.25) is 0 Å². The maximum Gasteiger partial charge on any atom is 2.00 e. The molecule has 1 aromatic rings. The summed E-state index contributed by atoms with van der Waals surface area (Å²) in [5.41, 5.74) is 0.674. The van der Waals surface area contributed by atoms with Gasteiger partial charge in [0.15, 0.2) is 0 Å². The second-order valence-corrected chi connectivity index (χ2v) is 2.18. The molecule has 0 saturated heterocycles. The molecular formula is C7H5NSZn+2. The van der Waals surface area contributed by atoms with E-state index in [4.69, 9.17) is 5.26 Å². The molecule has 0 unspecified atom stereocenters. The van der Waals surface area contributed by atoms with Crippen LogP contribution in [0, 0.1) is 11.3 Å². The van der Waals surface area contributed by atoms with Crippen LogP contribution in [0.1, 0.15) is 5.56 Å². The van der Waals surface area contributed by atoms with Gasteiger partial charge in [-0.2, -0.15) is 5.26 Å². The van der Waals surface area contributed by atoms with Crippen molar-refractivity contribution in [2.45, 2.75) is 4.90 Å². The molecule has 0 fully saturated rings. The van der Waals surface area contributed by atoms with Crippen molar-refractivity contribution >= 4 is 12.6 Å². The molecule has 0 aliphatic rings. The molecule has 0 aliphatic heterocycles. The number of nitriles is 1. The molecule has 0 aliphatic carbocycles. The van der Waals surface area contributed by atoms with Crippen molar-refractivity contribution in [1.82, 2.24) is 0 Å². The number of hydrogen-bond acceptors (Lipinski definition) is 2. The van der Waals surface area contributed by atoms with Gasteiger partial charge in [0, 0.05) is 4.90 Å². The van der Waals surface area contributed by atoms with Gasteiger partial charge in [-0.1, -0.05) is 0 Å². The largest absolute Gasteiger partial charge is 2.00 e. The van der Waals surface area contributed by atoms with Crippen molar-refractivity contribution in [1.29, 1.82) is 5.26 Å². The summed E-state index contributed by atoms with van der Waals surface area (Å²) in [6, 6.07) is 9.08. The third-order valence-corrected chi connectivity index (χ3v) is 1.29. The van der Waals surface area contributed by atoms with E-state index in [1.165, 1.54) is 0 Å². The van der Waals surface area contributed by atoms with E-state index in [0.717, 1.165) is 4.90 Å². The van der Waals surface area contributed by atoms with Crippen molar-refractivity contribution in [3.05, 3.63) is 29.8 Å². The van der Waals surface area contributed by atoms with Gasteiger partial charge in [0.2, 0.25) is 0 Å². The van der Waals surface area contributed by atoms with Crippen molar-refractivity contribution in [2.24, 2.45) is 0 Å². The Bertz CT molecular complexity index is 237. The maximum atomic E-state index is 8.35. The van der Waals surface area contributed by atoms with Gasteiger partial charge >= 0.3 is 19.5 Å². The Hall–Kier alpha value is -0.317. The SMILES string of the molecule is N#Cc1ccc(S)cc1.[Zn+2]. The van der Waals surface area contributed by atoms with E-state index >= 15 is 0 Å². The summed E-state index contributed by atoms with van der Waals surface area (Å²) < 4.78 is 0. The standard InChI is InChI=1S/C7H5NS.Zn/c8-5-6-1-3-7(9)4-2-6;/h1-4,9H;/q;+2. The van der Waals surface area contributed by atoms with E-state index in [2.05, 4.69) is 12.6 Å². The molecule has 1 aromatic carbocycles. The van der Waals surface area contributed by atoms with Gasteiger partial charge in [0.1, 0.15) is 0 Å². The summed E-state index contributed by atoms with van der Waals surface area (Å²) in [5, 5.41) is 8.35. The van der Waals surface area contributed by atoms with Crippen LogP contribution in [0.3, 0.4) is 0 Å². The third-order valence-electron chi connectivity index (χ3n) is 0.996. The maximum absolute atomic E-state index is 8.35. The third kappa shape index (κ3) is 2.51. The minimum atomic E-state index is 0. The Morgan fingerprint density at radius 3 is 2.10 bits per heavy atom. The summed E-state index contributed by atoms with van der Waals surface area (Å²) in [5.74, 6) is 0. The quantitative estimate of drug-likeness (QED) is 0.502. The number of benzene rings is 1. The summed E-state index contributed by atoms with van der Waals surface area (Å²) in [4.78, 5) is 0.883. The Kier molecular flexibility index (Phi) is 4.35. The minimum absolute atomic E-state index is 0. The monoisotopic (exact) mass is 199 g/mol. The fraction of sp³-hybridized carbons (Fsp3) is 0. The summed E-state index contributed by atoms with van der Waals surface area (Å²) >= 11 is 4.06. The van der Waals surface area contributed by atoms with Crippen LogP contribution < -0.4 is 0 Å². The molecule has 0 atom stereocenters. The number of thiol groups is 1. The second-order valence-electron chi connectivity index (χ2n) is 1.66. The summed E-state index contributed by atoms with van der Waals surface area (Å²) in [6.45, 7) is 0. The predicted octanol–water partition coefficient (Wildman–Crippen LogP) is 1.84. The van der Waals surface area contributed by atoms with Crippen LogP contribution in [0.5, 0.6) is 0 Å². The van der Waals surface area contributed by atoms with Gasteiger partial charge in [-0.25, -0.2) is 0 Å². The summed E-state index contributed by atoms with van der Waals surface area (Å²) in [6.07, 6.45) is 0. The zero-order chi connectivity index (χ0) is 6.69. The molecule has 10 heavy (non-hydrogen) atoms. The molecule has 0 N–H and O–H groups in total. The first-order valence-corrected chi connectivity index (χ1v) is 2.97. The van der Waals surface area contributed by atoms with Crippen molar-refractivity contribution in [3.63, 3.8) is 0 Å². The Labute approximate surface area is 78.2 Å². The van der Waals surface area contributed by atoms with Crippen LogP contribution in [-0.2, 0) is 19.5 Å². The topological polar surface area (TPSA) is 23.8 Å². The predicted molar refractivity (Wildman–Crippen MR) is 38.4 cm³/mol. The van der Waals surface area contributed by atoms with E-state index in [1.807, 2.05) is 6.07 Å². The van der Waals surface area contributed by atoms with Crippen LogP contribution >= 0.6 is 12.6 Å². The molecular weight excluding hydrogens is 196 g/mol. The van der Waals surface area contributed by atoms with E-state index < -0.39 is 0 Å². The fourth-order valence-corrected chi connectivity index (χ4v) is 0.685. The van der Waals surface area contributed by atoms with Crippen molar-refractivity contribution in [2.75, 3.05) is 0 Å². The Balaban J connectivity index is 0.000000810. The molecule has 0 spiro atoms. The molecule has 0 radical (unpaired) electrons. The molecule has 0 amide bonds. The number of hydrogen-bond donors (Lipinski definition) is 1. The molecule has 3 heteroatoms. The average Bonchev–Trinajstić information content (AvgIpc) is 1.90. The Morgan fingerprint density at radius 2 is 1.70 bits per heavy atom. The van der Waals surface area contributed by atoms with E-state index in [0.29, 0.717) is 5.56 Å². The van der Waals surface area contributed by atoms with Crippen molar-refractivity contribution in [3.8, 4) is 6.07 Å². The van der Waals surface area contributed by atoms with Crippen LogP contribution in [0.15, 0.2) is 29.2 Å². The first kappa shape index (κ1) is 9.68. The van der Waals surface area contributed by atoms with E-state index in [-0.39, 0.29) is 19.5 Å². The van der Waals surface area contributed by atoms with Gasteiger partial charge in [-0.05, 0) is 24.3 Å². The number of nitrogens with zero attached hydrogens (tertiary/aromatic N) is 1. The molecule has 1 nitrogen and oxygen atoms in total. The van der Waals surface area contributed by atoms with Gasteiger partial charge in [0.25, 0.3) is 0 Å². The van der Waals surface area contributed by atoms with E-state index in [1.54, 1.807) is 24.3 Å². The molecule has 0 saturated carbocycles. The molecule has 1 rings (SSSR count). The van der Waals surface area contributed by atoms with Crippen molar-refractivity contribution < 1.29 is 19.5 Å². The fourth-order valence-electron chi connectivity index (χ4n) is 0.536. The molecule has 0 aromatic heterocycles. The zero-order valence-corrected chi connectivity index (χ0v) is 9.27. The molecule has 0 bridgehead atoms. The van der Waals surface area contributed by atoms with Gasteiger partial charge in [0.05, 0.1) is 11.6 Å². The first-order chi connectivity index (χ1) is 4.33. The average molecular weight is 201 g/mol.